The zero-order chi connectivity index (χ0) is 15.6. The van der Waals surface area contributed by atoms with E-state index in [1.54, 1.807) is 0 Å². The highest BCUT2D eigenvalue weighted by atomic mass is 32.1. The van der Waals surface area contributed by atoms with Crippen LogP contribution in [0.5, 0.6) is 0 Å². The molecule has 0 spiro atoms. The van der Waals surface area contributed by atoms with Crippen molar-refractivity contribution in [2.75, 3.05) is 7.05 Å². The van der Waals surface area contributed by atoms with Gasteiger partial charge in [-0.1, -0.05) is 32.5 Å². The van der Waals surface area contributed by atoms with Crippen LogP contribution in [-0.4, -0.2) is 41.0 Å². The number of thiocarbonyl (C=S) groups is 1. The van der Waals surface area contributed by atoms with E-state index in [0.717, 1.165) is 12.8 Å². The number of carbonyl (C=O) groups is 1. The van der Waals surface area contributed by atoms with Crippen LogP contribution >= 0.6 is 12.2 Å². The molecule has 21 heavy (non-hydrogen) atoms. The van der Waals surface area contributed by atoms with E-state index in [-0.39, 0.29) is 11.9 Å². The van der Waals surface area contributed by atoms with Crippen molar-refractivity contribution in [1.29, 1.82) is 0 Å². The van der Waals surface area contributed by atoms with Gasteiger partial charge in [0.2, 0.25) is 5.91 Å². The van der Waals surface area contributed by atoms with Gasteiger partial charge in [-0.15, -0.1) is 0 Å². The van der Waals surface area contributed by atoms with Crippen LogP contribution in [0.2, 0.25) is 0 Å². The van der Waals surface area contributed by atoms with Gasteiger partial charge in [-0.3, -0.25) is 4.79 Å². The molecule has 0 saturated carbocycles. The molecule has 2 atom stereocenters. The van der Waals surface area contributed by atoms with Gasteiger partial charge in [0.05, 0.1) is 10.4 Å². The molecule has 3 N–H and O–H groups in total. The van der Waals surface area contributed by atoms with Gasteiger partial charge in [-0.2, -0.15) is 0 Å². The fraction of sp³-hybridized carbons (Fsp3) is 0.875. The molecular formula is C16H29N3OS. The van der Waals surface area contributed by atoms with Gasteiger partial charge in [-0.25, -0.2) is 0 Å². The van der Waals surface area contributed by atoms with E-state index < -0.39 is 5.41 Å². The quantitative estimate of drug-likeness (QED) is 0.764. The normalized spacial score (nSPS) is 30.0. The fourth-order valence-electron chi connectivity index (χ4n) is 4.09. The van der Waals surface area contributed by atoms with E-state index in [9.17, 15) is 4.79 Å². The third kappa shape index (κ3) is 3.09. The molecular weight excluding hydrogens is 282 g/mol. The summed E-state index contributed by atoms with van der Waals surface area (Å²) in [6.45, 7) is 3.98. The first-order valence-corrected chi connectivity index (χ1v) is 8.68. The van der Waals surface area contributed by atoms with E-state index in [1.807, 2.05) is 13.8 Å². The van der Waals surface area contributed by atoms with E-state index >= 15 is 0 Å². The number of hydrogen-bond donors (Lipinski definition) is 2. The van der Waals surface area contributed by atoms with Crippen LogP contribution in [0.3, 0.4) is 0 Å². The minimum absolute atomic E-state index is 0.0348. The van der Waals surface area contributed by atoms with Gasteiger partial charge in [-0.05, 0) is 45.6 Å². The van der Waals surface area contributed by atoms with Crippen molar-refractivity contribution in [2.45, 2.75) is 76.9 Å². The maximum absolute atomic E-state index is 12.7. The van der Waals surface area contributed by atoms with Crippen LogP contribution in [-0.2, 0) is 4.79 Å². The van der Waals surface area contributed by atoms with E-state index in [4.69, 9.17) is 18.0 Å². The Kier molecular flexibility index (Phi) is 5.25. The number of nitrogens with zero attached hydrogens (tertiary/aromatic N) is 1. The summed E-state index contributed by atoms with van der Waals surface area (Å²) >= 11 is 5.18. The van der Waals surface area contributed by atoms with Gasteiger partial charge in [0.1, 0.15) is 0 Å². The number of carbonyl (C=O) groups excluding carboxylic acids is 1. The molecule has 0 radical (unpaired) electrons. The lowest BCUT2D eigenvalue weighted by atomic mass is 9.79. The Morgan fingerprint density at radius 3 is 2.24 bits per heavy atom. The van der Waals surface area contributed by atoms with Crippen molar-refractivity contribution in [3.8, 4) is 0 Å². The highest BCUT2D eigenvalue weighted by Crippen LogP contribution is 2.34. The lowest BCUT2D eigenvalue weighted by molar-refractivity contribution is -0.129. The van der Waals surface area contributed by atoms with E-state index in [1.165, 1.54) is 19.3 Å². The van der Waals surface area contributed by atoms with Crippen LogP contribution in [0.1, 0.15) is 58.8 Å². The molecule has 2 unspecified atom stereocenters. The minimum Gasteiger partial charge on any atom is -0.392 e. The Labute approximate surface area is 133 Å². The summed E-state index contributed by atoms with van der Waals surface area (Å²) in [5.41, 5.74) is 5.20. The summed E-state index contributed by atoms with van der Waals surface area (Å²) in [5, 5.41) is 3.26. The van der Waals surface area contributed by atoms with Crippen molar-refractivity contribution in [1.82, 2.24) is 10.2 Å². The number of fused-ring (bicyclic) bond motifs is 2. The van der Waals surface area contributed by atoms with Gasteiger partial charge < -0.3 is 16.0 Å². The Balaban J connectivity index is 2.04. The van der Waals surface area contributed by atoms with Crippen LogP contribution < -0.4 is 11.1 Å². The minimum atomic E-state index is -0.673. The molecule has 2 heterocycles. The smallest absolute Gasteiger partial charge is 0.233 e. The van der Waals surface area contributed by atoms with Gasteiger partial charge in [0.15, 0.2) is 0 Å². The van der Waals surface area contributed by atoms with Crippen LogP contribution in [0.15, 0.2) is 0 Å². The molecule has 2 aliphatic rings. The van der Waals surface area contributed by atoms with Crippen molar-refractivity contribution in [2.24, 2.45) is 11.1 Å². The maximum Gasteiger partial charge on any atom is 0.233 e. The molecule has 120 valence electrons. The first-order valence-electron chi connectivity index (χ1n) is 8.27. The third-order valence-electron chi connectivity index (χ3n) is 5.79. The maximum atomic E-state index is 12.7. The van der Waals surface area contributed by atoms with Gasteiger partial charge in [0, 0.05) is 18.1 Å². The van der Waals surface area contributed by atoms with Crippen molar-refractivity contribution >= 4 is 23.1 Å². The first kappa shape index (κ1) is 16.7. The number of nitrogens with one attached hydrogen (secondary N) is 1. The molecule has 1 amide bonds. The molecule has 2 fully saturated rings. The monoisotopic (exact) mass is 311 g/mol. The summed E-state index contributed by atoms with van der Waals surface area (Å²) in [4.78, 5) is 15.6. The van der Waals surface area contributed by atoms with E-state index in [0.29, 0.717) is 29.9 Å². The first-order chi connectivity index (χ1) is 9.94. The Morgan fingerprint density at radius 2 is 1.81 bits per heavy atom. The summed E-state index contributed by atoms with van der Waals surface area (Å²) in [7, 11) is 2.23. The summed E-state index contributed by atoms with van der Waals surface area (Å²) in [6.07, 6.45) is 7.28. The third-order valence-corrected chi connectivity index (χ3v) is 6.18. The molecule has 0 aliphatic carbocycles. The molecule has 0 aromatic heterocycles. The second-order valence-electron chi connectivity index (χ2n) is 6.70. The number of piperidine rings is 2. The summed E-state index contributed by atoms with van der Waals surface area (Å²) in [5.74, 6) is 0.0348. The van der Waals surface area contributed by atoms with Gasteiger partial charge >= 0.3 is 0 Å². The summed E-state index contributed by atoms with van der Waals surface area (Å²) < 4.78 is 0. The molecule has 5 heteroatoms. The number of hydrogen-bond acceptors (Lipinski definition) is 3. The average Bonchev–Trinajstić information content (AvgIpc) is 2.41. The zero-order valence-corrected chi connectivity index (χ0v) is 14.3. The number of rotatable bonds is 5. The second kappa shape index (κ2) is 6.61. The Hall–Kier alpha value is -0.680. The van der Waals surface area contributed by atoms with E-state index in [2.05, 4.69) is 17.3 Å². The SMILES string of the molecule is CCC(CC)(C(=O)NC1CC2CCCC(C1)N2C)C(N)=S. The van der Waals surface area contributed by atoms with Crippen molar-refractivity contribution in [3.63, 3.8) is 0 Å². The summed E-state index contributed by atoms with van der Waals surface area (Å²) in [6, 6.07) is 1.51. The second-order valence-corrected chi connectivity index (χ2v) is 7.14. The van der Waals surface area contributed by atoms with Crippen LogP contribution in [0, 0.1) is 5.41 Å². The van der Waals surface area contributed by atoms with Crippen molar-refractivity contribution in [3.05, 3.63) is 0 Å². The molecule has 0 aromatic rings. The molecule has 2 bridgehead atoms. The van der Waals surface area contributed by atoms with Crippen molar-refractivity contribution < 1.29 is 4.79 Å². The molecule has 2 aliphatic heterocycles. The van der Waals surface area contributed by atoms with Gasteiger partial charge in [0.25, 0.3) is 0 Å². The molecule has 0 aromatic carbocycles. The molecule has 4 nitrogen and oxygen atoms in total. The van der Waals surface area contributed by atoms with Crippen LogP contribution in [0.4, 0.5) is 0 Å². The zero-order valence-electron chi connectivity index (χ0n) is 13.5. The largest absolute Gasteiger partial charge is 0.392 e. The Bertz CT molecular complexity index is 394. The topological polar surface area (TPSA) is 58.4 Å². The lowest BCUT2D eigenvalue weighted by Gasteiger charge is -2.47. The number of amides is 1. The highest BCUT2D eigenvalue weighted by molar-refractivity contribution is 7.80. The predicted octanol–water partition coefficient (Wildman–Crippen LogP) is 2.21. The standard InChI is InChI=1S/C16H29N3OS/c1-4-16(5-2,14(17)21)15(20)18-11-9-12-7-6-8-13(10-11)19(12)3/h11-13H,4-10H2,1-3H3,(H2,17,21)(H,18,20). The lowest BCUT2D eigenvalue weighted by Crippen LogP contribution is -2.58. The average molecular weight is 311 g/mol. The predicted molar refractivity (Wildman–Crippen MR) is 90.2 cm³/mol. The Morgan fingerprint density at radius 1 is 1.29 bits per heavy atom. The highest BCUT2D eigenvalue weighted by Gasteiger charge is 2.41. The number of nitrogens with two attached hydrogens (primary N) is 1. The molecule has 2 saturated heterocycles. The van der Waals surface area contributed by atoms with Crippen LogP contribution in [0.25, 0.3) is 0 Å². The fourth-order valence-corrected chi connectivity index (χ4v) is 4.47. The molecule has 2 rings (SSSR count).